The van der Waals surface area contributed by atoms with Crippen LogP contribution in [0.15, 0.2) is 24.3 Å². The summed E-state index contributed by atoms with van der Waals surface area (Å²) < 4.78 is 52.6. The summed E-state index contributed by atoms with van der Waals surface area (Å²) in [4.78, 5) is 0. The van der Waals surface area contributed by atoms with E-state index in [9.17, 15) is 17.2 Å². The second-order valence-electron chi connectivity index (χ2n) is 4.61. The predicted octanol–water partition coefficient (Wildman–Crippen LogP) is 1.74. The van der Waals surface area contributed by atoms with Crippen LogP contribution in [0, 0.1) is 0 Å². The molecule has 1 fully saturated rings. The number of rotatable bonds is 3. The van der Waals surface area contributed by atoms with Gasteiger partial charge in [0, 0.05) is 11.6 Å². The largest absolute Gasteiger partial charge is 0.434 e. The van der Waals surface area contributed by atoms with Gasteiger partial charge in [0.05, 0.1) is 17.5 Å². The van der Waals surface area contributed by atoms with Crippen molar-refractivity contribution in [2.24, 2.45) is 0 Å². The maximum absolute atomic E-state index is 12.3. The lowest BCUT2D eigenvalue weighted by molar-refractivity contribution is -0.0506. The highest BCUT2D eigenvalue weighted by molar-refractivity contribution is 7.91. The molecule has 1 aromatic carbocycles. The predicted molar refractivity (Wildman–Crippen MR) is 67.1 cm³/mol. The van der Waals surface area contributed by atoms with E-state index < -0.39 is 22.5 Å². The second kappa shape index (κ2) is 5.42. The Kier molecular flexibility index (Phi) is 4.05. The van der Waals surface area contributed by atoms with Gasteiger partial charge in [-0.25, -0.2) is 8.42 Å². The Bertz CT molecular complexity index is 548. The number of hydrogen-bond donors (Lipinski definition) is 1. The van der Waals surface area contributed by atoms with E-state index in [1.165, 1.54) is 6.07 Å². The van der Waals surface area contributed by atoms with Gasteiger partial charge in [-0.3, -0.25) is 0 Å². The summed E-state index contributed by atoms with van der Waals surface area (Å²) in [6, 6.07) is 5.51. The lowest BCUT2D eigenvalue weighted by atomic mass is 10.1. The summed E-state index contributed by atoms with van der Waals surface area (Å²) >= 11 is 0. The second-order valence-corrected chi connectivity index (χ2v) is 6.77. The van der Waals surface area contributed by atoms with Crippen LogP contribution in [0.4, 0.5) is 8.78 Å². The maximum Gasteiger partial charge on any atom is 0.387 e. The number of para-hydroxylation sites is 1. The number of hydrogen-bond acceptors (Lipinski definition) is 4. The third kappa shape index (κ3) is 3.63. The average Bonchev–Trinajstić information content (AvgIpc) is 2.26. The fourth-order valence-corrected chi connectivity index (χ4v) is 4.07. The molecular formula is C12H15F2NO3S. The van der Waals surface area contributed by atoms with Gasteiger partial charge in [0.1, 0.15) is 5.75 Å². The van der Waals surface area contributed by atoms with Crippen LogP contribution in [0.2, 0.25) is 0 Å². The van der Waals surface area contributed by atoms with E-state index in [1.54, 1.807) is 25.1 Å². The zero-order valence-electron chi connectivity index (χ0n) is 10.3. The van der Waals surface area contributed by atoms with E-state index >= 15 is 0 Å². The van der Waals surface area contributed by atoms with Crippen LogP contribution in [0.25, 0.3) is 0 Å². The molecule has 2 rings (SSSR count). The van der Waals surface area contributed by atoms with Crippen molar-refractivity contribution in [2.75, 3.05) is 11.5 Å². The Balaban J connectivity index is 2.30. The van der Waals surface area contributed by atoms with Crippen molar-refractivity contribution in [1.82, 2.24) is 5.32 Å². The fourth-order valence-electron chi connectivity index (χ4n) is 2.29. The highest BCUT2D eigenvalue weighted by Crippen LogP contribution is 2.29. The van der Waals surface area contributed by atoms with E-state index in [0.29, 0.717) is 5.56 Å². The van der Waals surface area contributed by atoms with Gasteiger partial charge in [-0.1, -0.05) is 18.2 Å². The molecule has 0 saturated carbocycles. The topological polar surface area (TPSA) is 55.4 Å². The van der Waals surface area contributed by atoms with Crippen LogP contribution >= 0.6 is 0 Å². The van der Waals surface area contributed by atoms with Gasteiger partial charge in [0.15, 0.2) is 9.84 Å². The Hall–Kier alpha value is -1.21. The summed E-state index contributed by atoms with van der Waals surface area (Å²) in [5.41, 5.74) is 0.443. The third-order valence-corrected chi connectivity index (χ3v) is 4.77. The van der Waals surface area contributed by atoms with Crippen molar-refractivity contribution in [3.8, 4) is 5.75 Å². The van der Waals surface area contributed by atoms with E-state index in [4.69, 9.17) is 0 Å². The molecule has 2 unspecified atom stereocenters. The van der Waals surface area contributed by atoms with E-state index in [-0.39, 0.29) is 23.3 Å². The molecule has 1 heterocycles. The normalized spacial score (nSPS) is 26.3. The summed E-state index contributed by atoms with van der Waals surface area (Å²) in [6.07, 6.45) is 0. The van der Waals surface area contributed by atoms with Crippen molar-refractivity contribution < 1.29 is 21.9 Å². The van der Waals surface area contributed by atoms with Crippen LogP contribution in [0.5, 0.6) is 5.75 Å². The van der Waals surface area contributed by atoms with E-state index in [1.807, 2.05) is 0 Å². The number of benzene rings is 1. The first-order valence-corrected chi connectivity index (χ1v) is 7.70. The first kappa shape index (κ1) is 14.2. The summed E-state index contributed by atoms with van der Waals surface area (Å²) in [5.74, 6) is -0.0400. The first-order chi connectivity index (χ1) is 8.87. The molecule has 1 aliphatic heterocycles. The molecule has 1 aliphatic rings. The molecule has 106 valence electrons. The van der Waals surface area contributed by atoms with Crippen LogP contribution in [-0.4, -0.2) is 32.6 Å². The molecule has 7 heteroatoms. The minimum atomic E-state index is -3.18. The molecule has 0 amide bonds. The molecule has 0 spiro atoms. The van der Waals surface area contributed by atoms with Crippen molar-refractivity contribution >= 4 is 9.84 Å². The molecule has 0 radical (unpaired) electrons. The van der Waals surface area contributed by atoms with Gasteiger partial charge < -0.3 is 10.1 Å². The molecule has 0 bridgehead atoms. The third-order valence-electron chi connectivity index (χ3n) is 2.92. The molecule has 1 N–H and O–H groups in total. The van der Waals surface area contributed by atoms with Crippen LogP contribution in [-0.2, 0) is 9.84 Å². The van der Waals surface area contributed by atoms with Gasteiger partial charge in [-0.05, 0) is 13.0 Å². The van der Waals surface area contributed by atoms with Crippen molar-refractivity contribution in [3.05, 3.63) is 29.8 Å². The van der Waals surface area contributed by atoms with E-state index in [0.717, 1.165) is 0 Å². The van der Waals surface area contributed by atoms with Crippen LogP contribution in [0.3, 0.4) is 0 Å². The molecule has 0 aromatic heterocycles. The molecular weight excluding hydrogens is 276 g/mol. The number of nitrogens with one attached hydrogen (secondary N) is 1. The van der Waals surface area contributed by atoms with Crippen molar-refractivity contribution in [1.29, 1.82) is 0 Å². The van der Waals surface area contributed by atoms with E-state index in [2.05, 4.69) is 10.1 Å². The SMILES string of the molecule is CC1CS(=O)(=O)CC(c2ccccc2OC(F)F)N1. The summed E-state index contributed by atoms with van der Waals surface area (Å²) in [7, 11) is -3.18. The monoisotopic (exact) mass is 291 g/mol. The number of halogens is 2. The van der Waals surface area contributed by atoms with Crippen LogP contribution in [0.1, 0.15) is 18.5 Å². The zero-order chi connectivity index (χ0) is 14.0. The molecule has 1 saturated heterocycles. The van der Waals surface area contributed by atoms with Gasteiger partial charge in [-0.15, -0.1) is 0 Å². The molecule has 4 nitrogen and oxygen atoms in total. The first-order valence-electron chi connectivity index (χ1n) is 5.87. The molecule has 2 atom stereocenters. The summed E-state index contributed by atoms with van der Waals surface area (Å²) in [5, 5.41) is 3.10. The number of ether oxygens (including phenoxy) is 1. The van der Waals surface area contributed by atoms with Gasteiger partial charge in [-0.2, -0.15) is 8.78 Å². The van der Waals surface area contributed by atoms with Gasteiger partial charge >= 0.3 is 6.61 Å². The van der Waals surface area contributed by atoms with Crippen LogP contribution < -0.4 is 10.1 Å². The standard InChI is InChI=1S/C12H15F2NO3S/c1-8-6-19(16,17)7-10(15-8)9-4-2-3-5-11(9)18-12(13)14/h2-5,8,10,12,15H,6-7H2,1H3. The average molecular weight is 291 g/mol. The highest BCUT2D eigenvalue weighted by Gasteiger charge is 2.31. The Labute approximate surface area is 110 Å². The Morgan fingerprint density at radius 3 is 2.63 bits per heavy atom. The number of sulfone groups is 1. The quantitative estimate of drug-likeness (QED) is 0.921. The lowest BCUT2D eigenvalue weighted by Crippen LogP contribution is -2.45. The Morgan fingerprint density at radius 2 is 2.00 bits per heavy atom. The molecule has 19 heavy (non-hydrogen) atoms. The van der Waals surface area contributed by atoms with Crippen molar-refractivity contribution in [3.63, 3.8) is 0 Å². The smallest absolute Gasteiger partial charge is 0.387 e. The highest BCUT2D eigenvalue weighted by atomic mass is 32.2. The van der Waals surface area contributed by atoms with Gasteiger partial charge in [0.2, 0.25) is 0 Å². The molecule has 0 aliphatic carbocycles. The minimum Gasteiger partial charge on any atom is -0.434 e. The Morgan fingerprint density at radius 1 is 1.32 bits per heavy atom. The zero-order valence-corrected chi connectivity index (χ0v) is 11.2. The van der Waals surface area contributed by atoms with Crippen molar-refractivity contribution in [2.45, 2.75) is 25.6 Å². The maximum atomic E-state index is 12.3. The lowest BCUT2D eigenvalue weighted by Gasteiger charge is -2.30. The van der Waals surface area contributed by atoms with Gasteiger partial charge in [0.25, 0.3) is 0 Å². The number of alkyl halides is 2. The fraction of sp³-hybridized carbons (Fsp3) is 0.500. The molecule has 1 aromatic rings. The minimum absolute atomic E-state index is 0.0132. The summed E-state index contributed by atoms with van der Waals surface area (Å²) in [6.45, 7) is -1.18.